The third-order valence-corrected chi connectivity index (χ3v) is 6.14. The maximum Gasteiger partial charge on any atom is 0.264 e. The van der Waals surface area contributed by atoms with E-state index in [1.165, 1.54) is 18.3 Å². The van der Waals surface area contributed by atoms with Crippen LogP contribution in [0.3, 0.4) is 0 Å². The van der Waals surface area contributed by atoms with Gasteiger partial charge in [-0.3, -0.25) is 14.1 Å². The van der Waals surface area contributed by atoms with Crippen LogP contribution >= 0.6 is 11.6 Å². The number of hydrazone groups is 1. The fourth-order valence-corrected chi connectivity index (χ4v) is 4.10. The van der Waals surface area contributed by atoms with Crippen LogP contribution in [-0.2, 0) is 14.8 Å². The van der Waals surface area contributed by atoms with Gasteiger partial charge in [-0.2, -0.15) is 5.10 Å². The van der Waals surface area contributed by atoms with Crippen LogP contribution in [0, 0.1) is 6.92 Å². The number of carbonyl (C=O) groups is 1. The third-order valence-electron chi connectivity index (χ3n) is 4.10. The Labute approximate surface area is 180 Å². The minimum atomic E-state index is -3.99. The first kappa shape index (κ1) is 21.5. The van der Waals surface area contributed by atoms with Gasteiger partial charge >= 0.3 is 0 Å². The number of amides is 1. The molecule has 2 aromatic carbocycles. The van der Waals surface area contributed by atoms with Gasteiger partial charge in [0.25, 0.3) is 15.9 Å². The molecule has 7 nitrogen and oxygen atoms in total. The number of pyridine rings is 1. The fraction of sp³-hybridized carbons (Fsp3) is 0.0952. The molecule has 1 aromatic heterocycles. The number of aromatic nitrogens is 1. The minimum absolute atomic E-state index is 0.0784. The van der Waals surface area contributed by atoms with E-state index in [0.717, 1.165) is 9.87 Å². The van der Waals surface area contributed by atoms with E-state index in [1.807, 2.05) is 6.92 Å². The van der Waals surface area contributed by atoms with Crippen LogP contribution in [0.4, 0.5) is 5.69 Å². The molecule has 0 saturated carbocycles. The molecule has 0 bridgehead atoms. The lowest BCUT2D eigenvalue weighted by molar-refractivity contribution is -0.119. The maximum absolute atomic E-state index is 13.2. The van der Waals surface area contributed by atoms with Gasteiger partial charge in [-0.05, 0) is 49.4 Å². The van der Waals surface area contributed by atoms with Crippen LogP contribution in [-0.4, -0.2) is 32.1 Å². The summed E-state index contributed by atoms with van der Waals surface area (Å²) in [6.45, 7) is 1.41. The number of anilines is 1. The molecule has 0 aliphatic heterocycles. The van der Waals surface area contributed by atoms with Gasteiger partial charge in [-0.1, -0.05) is 35.4 Å². The molecule has 154 valence electrons. The summed E-state index contributed by atoms with van der Waals surface area (Å²) in [5.74, 6) is -0.597. The van der Waals surface area contributed by atoms with Gasteiger partial charge in [-0.15, -0.1) is 0 Å². The van der Waals surface area contributed by atoms with Crippen molar-refractivity contribution in [2.24, 2.45) is 5.10 Å². The molecule has 0 aliphatic rings. The Balaban J connectivity index is 1.84. The van der Waals surface area contributed by atoms with E-state index in [4.69, 9.17) is 11.6 Å². The summed E-state index contributed by atoms with van der Waals surface area (Å²) < 4.78 is 27.5. The molecule has 30 heavy (non-hydrogen) atoms. The van der Waals surface area contributed by atoms with Crippen molar-refractivity contribution in [2.45, 2.75) is 11.8 Å². The standard InChI is InChI=1S/C21H19ClN4O3S/c1-16-4-10-20(11-5-16)30(28,29)26(19-8-6-18(22)7-9-19)15-21(27)25-24-14-17-3-2-12-23-13-17/h2-14H,15H2,1H3,(H,25,27)/b24-14-. The van der Waals surface area contributed by atoms with E-state index in [9.17, 15) is 13.2 Å². The Kier molecular flexibility index (Phi) is 6.81. The second kappa shape index (κ2) is 9.51. The molecule has 1 heterocycles. The Morgan fingerprint density at radius 1 is 1.13 bits per heavy atom. The summed E-state index contributed by atoms with van der Waals surface area (Å²) in [5.41, 5.74) is 4.28. The summed E-state index contributed by atoms with van der Waals surface area (Å²) in [4.78, 5) is 16.5. The highest BCUT2D eigenvalue weighted by Crippen LogP contribution is 2.25. The molecule has 0 saturated heterocycles. The quantitative estimate of drug-likeness (QED) is 0.448. The van der Waals surface area contributed by atoms with Crippen LogP contribution in [0.5, 0.6) is 0 Å². The van der Waals surface area contributed by atoms with Gasteiger partial charge < -0.3 is 0 Å². The van der Waals surface area contributed by atoms with E-state index >= 15 is 0 Å². The summed E-state index contributed by atoms with van der Waals surface area (Å²) >= 11 is 5.93. The van der Waals surface area contributed by atoms with Crippen molar-refractivity contribution in [2.75, 3.05) is 10.8 Å². The van der Waals surface area contributed by atoms with E-state index in [0.29, 0.717) is 16.3 Å². The van der Waals surface area contributed by atoms with E-state index < -0.39 is 22.5 Å². The van der Waals surface area contributed by atoms with Crippen molar-refractivity contribution in [3.63, 3.8) is 0 Å². The smallest absolute Gasteiger partial charge is 0.264 e. The molecule has 0 unspecified atom stereocenters. The largest absolute Gasteiger partial charge is 0.271 e. The first-order chi connectivity index (χ1) is 14.4. The zero-order valence-electron chi connectivity index (χ0n) is 16.1. The normalized spacial score (nSPS) is 11.4. The van der Waals surface area contributed by atoms with Gasteiger partial charge in [0.05, 0.1) is 16.8 Å². The van der Waals surface area contributed by atoms with Gasteiger partial charge in [-0.25, -0.2) is 13.8 Å². The number of aryl methyl sites for hydroxylation is 1. The molecule has 0 fully saturated rings. The SMILES string of the molecule is Cc1ccc(S(=O)(=O)N(CC(=O)N/N=C\c2cccnc2)c2ccc(Cl)cc2)cc1. The van der Waals surface area contributed by atoms with Crippen LogP contribution in [0.2, 0.25) is 5.02 Å². The molecule has 0 aliphatic carbocycles. The monoisotopic (exact) mass is 442 g/mol. The number of hydrogen-bond donors (Lipinski definition) is 1. The van der Waals surface area contributed by atoms with Crippen molar-refractivity contribution in [1.82, 2.24) is 10.4 Å². The number of sulfonamides is 1. The lowest BCUT2D eigenvalue weighted by Gasteiger charge is -2.23. The Hall–Kier alpha value is -3.23. The highest BCUT2D eigenvalue weighted by atomic mass is 35.5. The van der Waals surface area contributed by atoms with Crippen LogP contribution in [0.25, 0.3) is 0 Å². The zero-order chi connectivity index (χ0) is 21.6. The fourth-order valence-electron chi connectivity index (χ4n) is 2.56. The molecule has 3 aromatic rings. The van der Waals surface area contributed by atoms with Crippen molar-refractivity contribution >= 4 is 39.4 Å². The van der Waals surface area contributed by atoms with Crippen LogP contribution < -0.4 is 9.73 Å². The minimum Gasteiger partial charge on any atom is -0.271 e. The number of nitrogens with one attached hydrogen (secondary N) is 1. The topological polar surface area (TPSA) is 91.7 Å². The Morgan fingerprint density at radius 3 is 2.47 bits per heavy atom. The number of hydrogen-bond acceptors (Lipinski definition) is 5. The second-order valence-electron chi connectivity index (χ2n) is 6.38. The molecule has 3 rings (SSSR count). The van der Waals surface area contributed by atoms with Gasteiger partial charge in [0.1, 0.15) is 6.54 Å². The highest BCUT2D eigenvalue weighted by Gasteiger charge is 2.27. The van der Waals surface area contributed by atoms with Crippen molar-refractivity contribution < 1.29 is 13.2 Å². The van der Waals surface area contributed by atoms with Gasteiger partial charge in [0.2, 0.25) is 0 Å². The maximum atomic E-state index is 13.2. The zero-order valence-corrected chi connectivity index (χ0v) is 17.6. The summed E-state index contributed by atoms with van der Waals surface area (Å²) in [7, 11) is -3.99. The van der Waals surface area contributed by atoms with Crippen molar-refractivity contribution in [1.29, 1.82) is 0 Å². The number of rotatable bonds is 7. The Bertz CT molecular complexity index is 1130. The van der Waals surface area contributed by atoms with Gasteiger partial charge in [0, 0.05) is 23.0 Å². The lowest BCUT2D eigenvalue weighted by Crippen LogP contribution is -2.39. The summed E-state index contributed by atoms with van der Waals surface area (Å²) in [5, 5.41) is 4.32. The lowest BCUT2D eigenvalue weighted by atomic mass is 10.2. The molecule has 0 spiro atoms. The van der Waals surface area contributed by atoms with E-state index in [1.54, 1.807) is 60.9 Å². The average Bonchev–Trinajstić information content (AvgIpc) is 2.74. The van der Waals surface area contributed by atoms with Crippen molar-refractivity contribution in [3.8, 4) is 0 Å². The van der Waals surface area contributed by atoms with Crippen molar-refractivity contribution in [3.05, 3.63) is 89.2 Å². The summed E-state index contributed by atoms with van der Waals surface area (Å²) in [6.07, 6.45) is 4.62. The predicted molar refractivity (Wildman–Crippen MR) is 117 cm³/mol. The van der Waals surface area contributed by atoms with E-state index in [2.05, 4.69) is 15.5 Å². The van der Waals surface area contributed by atoms with E-state index in [-0.39, 0.29) is 4.90 Å². The third kappa shape index (κ3) is 5.43. The van der Waals surface area contributed by atoms with Crippen LogP contribution in [0.1, 0.15) is 11.1 Å². The molecular weight excluding hydrogens is 424 g/mol. The summed E-state index contributed by atoms with van der Waals surface area (Å²) in [6, 6.07) is 16.1. The second-order valence-corrected chi connectivity index (χ2v) is 8.68. The van der Waals surface area contributed by atoms with Crippen LogP contribution in [0.15, 0.2) is 83.1 Å². The number of benzene rings is 2. The molecule has 1 N–H and O–H groups in total. The van der Waals surface area contributed by atoms with Gasteiger partial charge in [0.15, 0.2) is 0 Å². The first-order valence-electron chi connectivity index (χ1n) is 8.93. The average molecular weight is 443 g/mol. The molecule has 1 amide bonds. The molecule has 0 atom stereocenters. The molecule has 9 heteroatoms. The number of halogens is 1. The predicted octanol–water partition coefficient (Wildman–Crippen LogP) is 3.39. The highest BCUT2D eigenvalue weighted by molar-refractivity contribution is 7.92. The molecular formula is C21H19ClN4O3S. The first-order valence-corrected chi connectivity index (χ1v) is 10.7. The molecule has 0 radical (unpaired) electrons. The number of carbonyl (C=O) groups excluding carboxylic acids is 1. The number of nitrogens with zero attached hydrogens (tertiary/aromatic N) is 3. The Morgan fingerprint density at radius 2 is 1.83 bits per heavy atom.